The van der Waals surface area contributed by atoms with Crippen LogP contribution in [0, 0.1) is 6.92 Å². The van der Waals surface area contributed by atoms with Gasteiger partial charge in [-0.15, -0.1) is 0 Å². The fraction of sp³-hybridized carbons (Fsp3) is 0.318. The molecule has 1 aromatic carbocycles. The molecule has 5 rings (SSSR count). The first-order valence-electron chi connectivity index (χ1n) is 10.4. The normalized spacial score (nSPS) is 20.6. The molecule has 2 bridgehead atoms. The second-order valence-electron chi connectivity index (χ2n) is 8.39. The van der Waals surface area contributed by atoms with E-state index in [1.165, 1.54) is 6.26 Å². The number of nitrogens with zero attached hydrogens (tertiary/aromatic N) is 5. The Morgan fingerprint density at radius 1 is 1.09 bits per heavy atom. The van der Waals surface area contributed by atoms with Crippen LogP contribution in [0.1, 0.15) is 12.0 Å². The molecule has 0 aliphatic carbocycles. The van der Waals surface area contributed by atoms with Crippen molar-refractivity contribution in [2.24, 2.45) is 0 Å². The maximum absolute atomic E-state index is 12.0. The van der Waals surface area contributed by atoms with Crippen LogP contribution in [0.25, 0.3) is 11.3 Å². The third-order valence-electron chi connectivity index (χ3n) is 6.12. The minimum absolute atomic E-state index is 0.0613. The van der Waals surface area contributed by atoms with E-state index in [4.69, 9.17) is 5.73 Å². The van der Waals surface area contributed by atoms with Gasteiger partial charge in [0.15, 0.2) is 0 Å². The Morgan fingerprint density at radius 3 is 2.59 bits per heavy atom. The number of fused-ring (bicyclic) bond motifs is 2. The Kier molecular flexibility index (Phi) is 4.98. The summed E-state index contributed by atoms with van der Waals surface area (Å²) in [4.78, 5) is 15.4. The second kappa shape index (κ2) is 7.72. The number of sulfonamides is 1. The van der Waals surface area contributed by atoms with Crippen molar-refractivity contribution in [3.63, 3.8) is 0 Å². The number of anilines is 4. The molecule has 166 valence electrons. The Hall–Kier alpha value is -3.24. The molecule has 0 spiro atoms. The van der Waals surface area contributed by atoms with E-state index in [1.807, 2.05) is 18.2 Å². The van der Waals surface area contributed by atoms with Crippen molar-refractivity contribution in [2.75, 3.05) is 35.3 Å². The molecule has 0 amide bonds. The average molecular weight is 452 g/mol. The molecule has 3 N–H and O–H groups in total. The molecule has 3 aromatic rings. The molecule has 9 nitrogen and oxygen atoms in total. The number of nitrogens with one attached hydrogen (secondary N) is 1. The minimum Gasteiger partial charge on any atom is -0.384 e. The third kappa shape index (κ3) is 3.87. The van der Waals surface area contributed by atoms with Crippen molar-refractivity contribution >= 4 is 33.2 Å². The Labute approximate surface area is 187 Å². The second-order valence-corrected chi connectivity index (χ2v) is 10.3. The first kappa shape index (κ1) is 20.7. The highest BCUT2D eigenvalue weighted by Gasteiger charge is 2.47. The zero-order valence-electron chi connectivity index (χ0n) is 17.9. The van der Waals surface area contributed by atoms with E-state index in [0.29, 0.717) is 18.3 Å². The lowest BCUT2D eigenvalue weighted by molar-refractivity contribution is 0.371. The third-order valence-corrected chi connectivity index (χ3v) is 7.42. The number of nitrogens with two attached hydrogens (primary N) is 1. The minimum atomic E-state index is -3.14. The molecule has 0 radical (unpaired) electrons. The van der Waals surface area contributed by atoms with Gasteiger partial charge in [0.2, 0.25) is 16.0 Å². The van der Waals surface area contributed by atoms with Crippen LogP contribution in [0.2, 0.25) is 0 Å². The van der Waals surface area contributed by atoms with Gasteiger partial charge < -0.3 is 16.0 Å². The van der Waals surface area contributed by atoms with Crippen molar-refractivity contribution in [3.8, 4) is 11.3 Å². The number of piperazine rings is 1. The summed E-state index contributed by atoms with van der Waals surface area (Å²) in [5.74, 6) is 0.961. The van der Waals surface area contributed by atoms with E-state index in [-0.39, 0.29) is 12.1 Å². The predicted molar refractivity (Wildman–Crippen MR) is 125 cm³/mol. The van der Waals surface area contributed by atoms with E-state index in [1.54, 1.807) is 22.8 Å². The fourth-order valence-corrected chi connectivity index (χ4v) is 5.79. The molecule has 4 heterocycles. The summed E-state index contributed by atoms with van der Waals surface area (Å²) >= 11 is 0. The molecular weight excluding hydrogens is 426 g/mol. The molecule has 2 aliphatic rings. The largest absolute Gasteiger partial charge is 0.384 e. The van der Waals surface area contributed by atoms with Crippen molar-refractivity contribution < 1.29 is 8.42 Å². The molecule has 2 fully saturated rings. The quantitative estimate of drug-likeness (QED) is 0.607. The lowest BCUT2D eigenvalue weighted by atomic mass is 10.1. The van der Waals surface area contributed by atoms with Gasteiger partial charge in [-0.05, 0) is 55.3 Å². The zero-order chi connectivity index (χ0) is 22.5. The summed E-state index contributed by atoms with van der Waals surface area (Å²) in [7, 11) is -3.14. The molecule has 0 saturated carbocycles. The molecule has 2 aliphatic heterocycles. The van der Waals surface area contributed by atoms with Gasteiger partial charge in [0.05, 0.1) is 11.9 Å². The van der Waals surface area contributed by atoms with Gasteiger partial charge in [-0.2, -0.15) is 4.31 Å². The van der Waals surface area contributed by atoms with Crippen LogP contribution >= 0.6 is 0 Å². The van der Waals surface area contributed by atoms with Crippen LogP contribution in [-0.2, 0) is 10.0 Å². The van der Waals surface area contributed by atoms with E-state index in [0.717, 1.165) is 41.2 Å². The number of aromatic nitrogens is 3. The number of benzene rings is 1. The topological polar surface area (TPSA) is 117 Å². The maximum Gasteiger partial charge on any atom is 0.227 e. The highest BCUT2D eigenvalue weighted by molar-refractivity contribution is 7.88. The molecular formula is C22H25N7O2S. The number of aryl methyl sites for hydroxylation is 1. The lowest BCUT2D eigenvalue weighted by Crippen LogP contribution is -2.48. The Bertz CT molecular complexity index is 1260. The summed E-state index contributed by atoms with van der Waals surface area (Å²) in [5, 5.41) is 3.27. The van der Waals surface area contributed by atoms with Gasteiger partial charge in [0.25, 0.3) is 0 Å². The molecule has 2 aromatic heterocycles. The van der Waals surface area contributed by atoms with E-state index < -0.39 is 10.0 Å². The predicted octanol–water partition coefficient (Wildman–Crippen LogP) is 2.40. The highest BCUT2D eigenvalue weighted by atomic mass is 32.2. The van der Waals surface area contributed by atoms with Crippen LogP contribution in [-0.4, -0.2) is 59.1 Å². The molecule has 2 saturated heterocycles. The van der Waals surface area contributed by atoms with Gasteiger partial charge in [0.1, 0.15) is 5.82 Å². The Balaban J connectivity index is 1.32. The lowest BCUT2D eigenvalue weighted by Gasteiger charge is -2.35. The number of nitrogen functional groups attached to an aromatic ring is 1. The zero-order valence-corrected chi connectivity index (χ0v) is 18.7. The smallest absolute Gasteiger partial charge is 0.227 e. The van der Waals surface area contributed by atoms with E-state index in [9.17, 15) is 8.42 Å². The van der Waals surface area contributed by atoms with Crippen molar-refractivity contribution in [1.82, 2.24) is 19.3 Å². The first-order valence-corrected chi connectivity index (χ1v) is 12.3. The number of hydrogen-bond acceptors (Lipinski definition) is 8. The van der Waals surface area contributed by atoms with Gasteiger partial charge in [-0.3, -0.25) is 0 Å². The first-order chi connectivity index (χ1) is 15.3. The molecule has 0 unspecified atom stereocenters. The van der Waals surface area contributed by atoms with E-state index in [2.05, 4.69) is 44.2 Å². The van der Waals surface area contributed by atoms with Crippen molar-refractivity contribution in [2.45, 2.75) is 25.4 Å². The summed E-state index contributed by atoms with van der Waals surface area (Å²) in [6, 6.07) is 11.9. The molecule has 2 atom stereocenters. The van der Waals surface area contributed by atoms with Gasteiger partial charge in [-0.1, -0.05) is 0 Å². The SMILES string of the molecule is Cc1cc(Nc2nccc(-c3ccc(N)nc3)n2)ccc1N1C[C@@H]2C[C@H]1CN2S(C)(=O)=O. The van der Waals surface area contributed by atoms with Gasteiger partial charge in [0, 0.05) is 54.5 Å². The van der Waals surface area contributed by atoms with Crippen LogP contribution in [0.5, 0.6) is 0 Å². The molecule has 32 heavy (non-hydrogen) atoms. The summed E-state index contributed by atoms with van der Waals surface area (Å²) < 4.78 is 25.6. The summed E-state index contributed by atoms with van der Waals surface area (Å²) in [6.45, 7) is 3.36. The summed E-state index contributed by atoms with van der Waals surface area (Å²) in [5.41, 5.74) is 10.4. The number of pyridine rings is 1. The average Bonchev–Trinajstić information content (AvgIpc) is 3.36. The van der Waals surface area contributed by atoms with Gasteiger partial charge >= 0.3 is 0 Å². The fourth-order valence-electron chi connectivity index (χ4n) is 4.65. The number of hydrogen-bond donors (Lipinski definition) is 2. The summed E-state index contributed by atoms with van der Waals surface area (Å²) in [6.07, 6.45) is 5.57. The van der Waals surface area contributed by atoms with Crippen LogP contribution in [0.3, 0.4) is 0 Å². The highest BCUT2D eigenvalue weighted by Crippen LogP contribution is 2.38. The standard InChI is InChI=1S/C22H25N7O2S/c1-14-9-16(26-22-24-8-7-19(27-22)15-3-6-21(23)25-11-15)4-5-20(14)28-12-18-10-17(28)13-29(18)32(2,30)31/h3-9,11,17-18H,10,12-13H2,1-2H3,(H2,23,25)(H,24,26,27)/t17-,18-/m0/s1. The maximum atomic E-state index is 12.0. The van der Waals surface area contributed by atoms with Crippen LogP contribution in [0.15, 0.2) is 48.8 Å². The van der Waals surface area contributed by atoms with Gasteiger partial charge in [-0.25, -0.2) is 23.4 Å². The van der Waals surface area contributed by atoms with Crippen molar-refractivity contribution in [3.05, 3.63) is 54.4 Å². The van der Waals surface area contributed by atoms with Crippen molar-refractivity contribution in [1.29, 1.82) is 0 Å². The monoisotopic (exact) mass is 451 g/mol. The van der Waals surface area contributed by atoms with Crippen LogP contribution < -0.4 is 16.0 Å². The number of rotatable bonds is 5. The Morgan fingerprint density at radius 2 is 1.94 bits per heavy atom. The molecule has 10 heteroatoms. The van der Waals surface area contributed by atoms with E-state index >= 15 is 0 Å². The van der Waals surface area contributed by atoms with Crippen LogP contribution in [0.4, 0.5) is 23.1 Å².